The van der Waals surface area contributed by atoms with Crippen molar-refractivity contribution in [2.75, 3.05) is 19.1 Å². The third-order valence-corrected chi connectivity index (χ3v) is 6.19. The maximum Gasteiger partial charge on any atom is 0.243 e. The molecule has 7 heteroatoms. The number of thioether (sulfide) groups is 1. The molecule has 0 aliphatic carbocycles. The predicted molar refractivity (Wildman–Crippen MR) is 84.8 cm³/mol. The summed E-state index contributed by atoms with van der Waals surface area (Å²) >= 11 is 7.59. The second-order valence-corrected chi connectivity index (χ2v) is 7.77. The fraction of sp³-hybridized carbons (Fsp3) is 0.538. The van der Waals surface area contributed by atoms with Gasteiger partial charge in [0.2, 0.25) is 10.0 Å². The molecule has 114 valence electrons. The molecule has 0 aliphatic rings. The molecule has 20 heavy (non-hydrogen) atoms. The summed E-state index contributed by atoms with van der Waals surface area (Å²) in [6.07, 6.45) is 2.70. The molecular weight excluding hydrogens is 318 g/mol. The molecule has 0 saturated carbocycles. The van der Waals surface area contributed by atoms with E-state index in [9.17, 15) is 8.42 Å². The Morgan fingerprint density at radius 2 is 2.10 bits per heavy atom. The molecule has 0 fully saturated rings. The van der Waals surface area contributed by atoms with E-state index in [1.54, 1.807) is 24.9 Å². The van der Waals surface area contributed by atoms with Gasteiger partial charge in [0, 0.05) is 23.9 Å². The highest BCUT2D eigenvalue weighted by atomic mass is 35.5. The van der Waals surface area contributed by atoms with Crippen LogP contribution in [0.5, 0.6) is 0 Å². The molecule has 0 amide bonds. The number of sulfonamides is 1. The van der Waals surface area contributed by atoms with Crippen LogP contribution in [0.25, 0.3) is 0 Å². The van der Waals surface area contributed by atoms with Gasteiger partial charge in [0.1, 0.15) is 0 Å². The maximum absolute atomic E-state index is 12.6. The fourth-order valence-corrected chi connectivity index (χ4v) is 4.55. The second kappa shape index (κ2) is 7.66. The van der Waals surface area contributed by atoms with Gasteiger partial charge < -0.3 is 5.11 Å². The van der Waals surface area contributed by atoms with Crippen LogP contribution < -0.4 is 0 Å². The van der Waals surface area contributed by atoms with Gasteiger partial charge >= 0.3 is 0 Å². The van der Waals surface area contributed by atoms with Crippen LogP contribution in [-0.4, -0.2) is 42.9 Å². The average Bonchev–Trinajstić information content (AvgIpc) is 2.43. The number of hydrogen-bond acceptors (Lipinski definition) is 4. The molecule has 0 radical (unpaired) electrons. The number of benzene rings is 1. The van der Waals surface area contributed by atoms with Crippen LogP contribution in [0, 0.1) is 0 Å². The molecule has 1 unspecified atom stereocenters. The van der Waals surface area contributed by atoms with E-state index in [0.29, 0.717) is 5.56 Å². The molecule has 0 aromatic heterocycles. The highest BCUT2D eigenvalue weighted by Gasteiger charge is 2.27. The Hall–Kier alpha value is -0.270. The van der Waals surface area contributed by atoms with Crippen molar-refractivity contribution in [3.05, 3.63) is 28.8 Å². The minimum atomic E-state index is -3.57. The highest BCUT2D eigenvalue weighted by molar-refractivity contribution is 7.98. The first-order valence-electron chi connectivity index (χ1n) is 6.24. The summed E-state index contributed by atoms with van der Waals surface area (Å²) in [7, 11) is -1.98. The Bertz CT molecular complexity index is 549. The van der Waals surface area contributed by atoms with E-state index in [-0.39, 0.29) is 22.6 Å². The summed E-state index contributed by atoms with van der Waals surface area (Å²) in [5.41, 5.74) is 0.518. The molecule has 4 nitrogen and oxygen atoms in total. The van der Waals surface area contributed by atoms with Crippen LogP contribution in [0.15, 0.2) is 23.1 Å². The molecule has 1 N–H and O–H groups in total. The Balaban J connectivity index is 3.12. The van der Waals surface area contributed by atoms with Crippen molar-refractivity contribution in [1.82, 2.24) is 4.31 Å². The Kier molecular flexibility index (Phi) is 6.81. The van der Waals surface area contributed by atoms with Crippen LogP contribution in [0.4, 0.5) is 0 Å². The van der Waals surface area contributed by atoms with Crippen LogP contribution in [0.3, 0.4) is 0 Å². The molecular formula is C13H20ClNO3S2. The first kappa shape index (κ1) is 17.8. The monoisotopic (exact) mass is 337 g/mol. The minimum Gasteiger partial charge on any atom is -0.392 e. The lowest BCUT2D eigenvalue weighted by Gasteiger charge is -2.26. The van der Waals surface area contributed by atoms with Gasteiger partial charge in [-0.2, -0.15) is 16.1 Å². The van der Waals surface area contributed by atoms with E-state index in [1.807, 2.05) is 13.2 Å². The second-order valence-electron chi connectivity index (χ2n) is 4.45. The van der Waals surface area contributed by atoms with E-state index in [0.717, 1.165) is 12.2 Å². The van der Waals surface area contributed by atoms with Crippen molar-refractivity contribution in [3.8, 4) is 0 Å². The maximum atomic E-state index is 12.6. The molecule has 0 heterocycles. The number of hydrogen-bond donors (Lipinski definition) is 1. The van der Waals surface area contributed by atoms with Gasteiger partial charge in [-0.15, -0.1) is 0 Å². The summed E-state index contributed by atoms with van der Waals surface area (Å²) in [5.74, 6) is 0.745. The van der Waals surface area contributed by atoms with Crippen LogP contribution in [0.1, 0.15) is 18.9 Å². The summed E-state index contributed by atoms with van der Waals surface area (Å²) < 4.78 is 26.5. The van der Waals surface area contributed by atoms with Crippen molar-refractivity contribution in [1.29, 1.82) is 0 Å². The lowest BCUT2D eigenvalue weighted by atomic mass is 10.2. The van der Waals surface area contributed by atoms with E-state index >= 15 is 0 Å². The average molecular weight is 338 g/mol. The lowest BCUT2D eigenvalue weighted by Crippen LogP contribution is -2.38. The van der Waals surface area contributed by atoms with Crippen molar-refractivity contribution < 1.29 is 13.5 Å². The Labute approximate surface area is 130 Å². The summed E-state index contributed by atoms with van der Waals surface area (Å²) in [6, 6.07) is 4.37. The summed E-state index contributed by atoms with van der Waals surface area (Å²) in [4.78, 5) is 0.154. The smallest absolute Gasteiger partial charge is 0.243 e. The fourth-order valence-electron chi connectivity index (χ4n) is 1.85. The van der Waals surface area contributed by atoms with Gasteiger partial charge in [-0.1, -0.05) is 24.6 Å². The highest BCUT2D eigenvalue weighted by Crippen LogP contribution is 2.25. The molecule has 1 aromatic rings. The first-order valence-corrected chi connectivity index (χ1v) is 9.45. The zero-order chi connectivity index (χ0) is 15.3. The van der Waals surface area contributed by atoms with E-state index < -0.39 is 10.0 Å². The normalized spacial score (nSPS) is 13.7. The molecule has 0 spiro atoms. The van der Waals surface area contributed by atoms with Gasteiger partial charge in [-0.05, 0) is 30.4 Å². The molecule has 0 aliphatic heterocycles. The number of halogens is 1. The largest absolute Gasteiger partial charge is 0.392 e. The van der Waals surface area contributed by atoms with Crippen molar-refractivity contribution in [3.63, 3.8) is 0 Å². The first-order chi connectivity index (χ1) is 9.38. The van der Waals surface area contributed by atoms with E-state index in [1.165, 1.54) is 16.4 Å². The summed E-state index contributed by atoms with van der Waals surface area (Å²) in [5, 5.41) is 9.33. The van der Waals surface area contributed by atoms with Crippen molar-refractivity contribution in [2.45, 2.75) is 30.9 Å². The van der Waals surface area contributed by atoms with Gasteiger partial charge in [0.05, 0.1) is 11.5 Å². The molecule has 1 rings (SSSR count). The topological polar surface area (TPSA) is 57.6 Å². The Morgan fingerprint density at radius 1 is 1.45 bits per heavy atom. The van der Waals surface area contributed by atoms with E-state index in [4.69, 9.17) is 16.7 Å². The molecule has 0 bridgehead atoms. The molecule has 1 aromatic carbocycles. The SMILES string of the molecule is CCC(CSC)N(C)S(=O)(=O)c1ccc(CO)c(Cl)c1. The van der Waals surface area contributed by atoms with E-state index in [2.05, 4.69) is 0 Å². The number of nitrogens with zero attached hydrogens (tertiary/aromatic N) is 1. The van der Waals surface area contributed by atoms with Gasteiger partial charge in [-0.25, -0.2) is 8.42 Å². The van der Waals surface area contributed by atoms with Crippen molar-refractivity contribution >= 4 is 33.4 Å². The zero-order valence-corrected chi connectivity index (χ0v) is 14.2. The van der Waals surface area contributed by atoms with Crippen molar-refractivity contribution in [2.24, 2.45) is 0 Å². The summed E-state index contributed by atoms with van der Waals surface area (Å²) in [6.45, 7) is 1.76. The molecule has 1 atom stereocenters. The quantitative estimate of drug-likeness (QED) is 0.831. The van der Waals surface area contributed by atoms with Crippen LogP contribution in [0.2, 0.25) is 5.02 Å². The standard InChI is InChI=1S/C13H20ClNO3S2/c1-4-11(9-19-3)15(2)20(17,18)12-6-5-10(8-16)13(14)7-12/h5-7,11,16H,4,8-9H2,1-3H3. The number of aliphatic hydroxyl groups is 1. The van der Waals surface area contributed by atoms with Gasteiger partial charge in [0.15, 0.2) is 0 Å². The zero-order valence-electron chi connectivity index (χ0n) is 11.8. The Morgan fingerprint density at radius 3 is 2.55 bits per heavy atom. The lowest BCUT2D eigenvalue weighted by molar-refractivity contribution is 0.282. The third kappa shape index (κ3) is 3.89. The third-order valence-electron chi connectivity index (χ3n) is 3.22. The number of aliphatic hydroxyl groups excluding tert-OH is 1. The minimum absolute atomic E-state index is 0.0497. The number of rotatable bonds is 7. The molecule has 0 saturated heterocycles. The predicted octanol–water partition coefficient (Wildman–Crippen LogP) is 2.59. The van der Waals surface area contributed by atoms with Crippen LogP contribution >= 0.6 is 23.4 Å². The van der Waals surface area contributed by atoms with Gasteiger partial charge in [0.25, 0.3) is 0 Å². The van der Waals surface area contributed by atoms with Crippen LogP contribution in [-0.2, 0) is 16.6 Å². The van der Waals surface area contributed by atoms with Gasteiger partial charge in [-0.3, -0.25) is 0 Å².